The number of alkyl halides is 2. The fourth-order valence-corrected chi connectivity index (χ4v) is 1.56. The van der Waals surface area contributed by atoms with Gasteiger partial charge in [-0.2, -0.15) is 0 Å². The Kier molecular flexibility index (Phi) is 5.73. The lowest BCUT2D eigenvalue weighted by Crippen LogP contribution is -2.33. The van der Waals surface area contributed by atoms with E-state index in [2.05, 4.69) is 0 Å². The first-order chi connectivity index (χ1) is 5.95. The second-order valence-electron chi connectivity index (χ2n) is 3.54. The Labute approximate surface area is 89.5 Å². The van der Waals surface area contributed by atoms with Gasteiger partial charge in [-0.05, 0) is 18.8 Å². The number of hydrogen-bond acceptors (Lipinski definition) is 2. The molecule has 4 heteroatoms. The molecule has 0 spiro atoms. The van der Waals surface area contributed by atoms with Gasteiger partial charge in [0, 0.05) is 5.88 Å². The number of rotatable bonds is 5. The first-order valence-corrected chi connectivity index (χ1v) is 5.29. The zero-order valence-corrected chi connectivity index (χ0v) is 9.78. The molecule has 0 N–H and O–H groups in total. The third-order valence-corrected chi connectivity index (χ3v) is 2.88. The van der Waals surface area contributed by atoms with Crippen molar-refractivity contribution in [2.45, 2.75) is 32.6 Å². The fourth-order valence-electron chi connectivity index (χ4n) is 0.905. The summed E-state index contributed by atoms with van der Waals surface area (Å²) in [5, 5.41) is -0.619. The van der Waals surface area contributed by atoms with Crippen molar-refractivity contribution < 1.29 is 9.53 Å². The first kappa shape index (κ1) is 13.1. The van der Waals surface area contributed by atoms with Crippen molar-refractivity contribution in [1.82, 2.24) is 0 Å². The standard InChI is InChI=1S/C9H16Cl2O2/c1-4-13-8(12)7(11)9(2,3)5-6-10/h7H,4-6H2,1-3H3. The van der Waals surface area contributed by atoms with Crippen molar-refractivity contribution in [3.05, 3.63) is 0 Å². The molecule has 0 aromatic heterocycles. The Morgan fingerprint density at radius 3 is 2.46 bits per heavy atom. The van der Waals surface area contributed by atoms with Gasteiger partial charge in [-0.25, -0.2) is 0 Å². The van der Waals surface area contributed by atoms with E-state index in [1.807, 2.05) is 13.8 Å². The molecule has 78 valence electrons. The number of esters is 1. The van der Waals surface area contributed by atoms with Crippen molar-refractivity contribution in [2.24, 2.45) is 5.41 Å². The predicted octanol–water partition coefficient (Wildman–Crippen LogP) is 2.81. The highest BCUT2D eigenvalue weighted by molar-refractivity contribution is 6.30. The van der Waals surface area contributed by atoms with E-state index in [1.54, 1.807) is 6.92 Å². The molecule has 0 saturated carbocycles. The molecule has 0 radical (unpaired) electrons. The Morgan fingerprint density at radius 1 is 1.54 bits per heavy atom. The summed E-state index contributed by atoms with van der Waals surface area (Å²) in [6.07, 6.45) is 0.696. The van der Waals surface area contributed by atoms with E-state index in [4.69, 9.17) is 27.9 Å². The quantitative estimate of drug-likeness (QED) is 0.533. The van der Waals surface area contributed by atoms with Gasteiger partial charge in [0.15, 0.2) is 0 Å². The van der Waals surface area contributed by atoms with Gasteiger partial charge < -0.3 is 4.74 Å². The summed E-state index contributed by atoms with van der Waals surface area (Å²) in [5.41, 5.74) is -0.310. The average Bonchev–Trinajstić information content (AvgIpc) is 2.03. The van der Waals surface area contributed by atoms with Crippen molar-refractivity contribution >= 4 is 29.2 Å². The minimum absolute atomic E-state index is 0.310. The van der Waals surface area contributed by atoms with Crippen LogP contribution < -0.4 is 0 Å². The molecule has 13 heavy (non-hydrogen) atoms. The van der Waals surface area contributed by atoms with E-state index in [0.717, 1.165) is 0 Å². The van der Waals surface area contributed by atoms with E-state index in [-0.39, 0.29) is 11.4 Å². The van der Waals surface area contributed by atoms with Gasteiger partial charge in [-0.15, -0.1) is 23.2 Å². The van der Waals surface area contributed by atoms with Crippen LogP contribution in [0.5, 0.6) is 0 Å². The summed E-state index contributed by atoms with van der Waals surface area (Å²) in [4.78, 5) is 11.3. The number of carbonyl (C=O) groups excluding carboxylic acids is 1. The van der Waals surface area contributed by atoms with Crippen LogP contribution >= 0.6 is 23.2 Å². The maximum absolute atomic E-state index is 11.3. The van der Waals surface area contributed by atoms with Crippen LogP contribution in [0, 0.1) is 5.41 Å². The zero-order valence-electron chi connectivity index (χ0n) is 8.27. The maximum Gasteiger partial charge on any atom is 0.324 e. The van der Waals surface area contributed by atoms with Crippen LogP contribution in [0.3, 0.4) is 0 Å². The van der Waals surface area contributed by atoms with Crippen molar-refractivity contribution in [2.75, 3.05) is 12.5 Å². The van der Waals surface area contributed by atoms with Crippen molar-refractivity contribution in [3.8, 4) is 0 Å². The Morgan fingerprint density at radius 2 is 2.08 bits per heavy atom. The Hall–Kier alpha value is 0.0500. The van der Waals surface area contributed by atoms with Crippen LogP contribution in [-0.2, 0) is 9.53 Å². The highest BCUT2D eigenvalue weighted by Crippen LogP contribution is 2.30. The van der Waals surface area contributed by atoms with Gasteiger partial charge in [0.1, 0.15) is 5.38 Å². The molecule has 0 amide bonds. The third kappa shape index (κ3) is 4.19. The molecular formula is C9H16Cl2O2. The van der Waals surface area contributed by atoms with Gasteiger partial charge in [-0.3, -0.25) is 4.79 Å². The molecule has 0 bridgehead atoms. The largest absolute Gasteiger partial charge is 0.465 e. The number of halogens is 2. The molecule has 1 unspecified atom stereocenters. The highest BCUT2D eigenvalue weighted by atomic mass is 35.5. The van der Waals surface area contributed by atoms with Gasteiger partial charge in [0.2, 0.25) is 0 Å². The van der Waals surface area contributed by atoms with Crippen LogP contribution in [0.2, 0.25) is 0 Å². The molecule has 0 rings (SSSR count). The number of hydrogen-bond donors (Lipinski definition) is 0. The average molecular weight is 227 g/mol. The number of carbonyl (C=O) groups is 1. The molecule has 0 aromatic carbocycles. The summed E-state index contributed by atoms with van der Waals surface area (Å²) in [7, 11) is 0. The van der Waals surface area contributed by atoms with Crippen molar-refractivity contribution in [1.29, 1.82) is 0 Å². The lowest BCUT2D eigenvalue weighted by Gasteiger charge is -2.27. The van der Waals surface area contributed by atoms with E-state index in [9.17, 15) is 4.79 Å². The molecular weight excluding hydrogens is 211 g/mol. The molecule has 0 heterocycles. The van der Waals surface area contributed by atoms with Crippen LogP contribution in [0.1, 0.15) is 27.2 Å². The van der Waals surface area contributed by atoms with Crippen molar-refractivity contribution in [3.63, 3.8) is 0 Å². The molecule has 0 aromatic rings. The molecule has 0 saturated heterocycles. The maximum atomic E-state index is 11.3. The zero-order chi connectivity index (χ0) is 10.5. The van der Waals surface area contributed by atoms with Crippen LogP contribution in [0.4, 0.5) is 0 Å². The normalized spacial score (nSPS) is 13.9. The summed E-state index contributed by atoms with van der Waals surface area (Å²) < 4.78 is 4.82. The second-order valence-corrected chi connectivity index (χ2v) is 4.36. The highest BCUT2D eigenvalue weighted by Gasteiger charge is 2.33. The SMILES string of the molecule is CCOC(=O)C(Cl)C(C)(C)CCCl. The summed E-state index contributed by atoms with van der Waals surface area (Å²) >= 11 is 11.5. The molecule has 2 nitrogen and oxygen atoms in total. The lowest BCUT2D eigenvalue weighted by molar-refractivity contribution is -0.144. The van der Waals surface area contributed by atoms with Gasteiger partial charge in [-0.1, -0.05) is 13.8 Å². The molecule has 0 aliphatic heterocycles. The van der Waals surface area contributed by atoms with E-state index < -0.39 is 5.38 Å². The predicted molar refractivity (Wildman–Crippen MR) is 55.4 cm³/mol. The minimum Gasteiger partial charge on any atom is -0.465 e. The molecule has 0 aliphatic carbocycles. The molecule has 0 fully saturated rings. The second kappa shape index (κ2) is 5.71. The Bertz CT molecular complexity index is 169. The third-order valence-electron chi connectivity index (χ3n) is 1.92. The first-order valence-electron chi connectivity index (χ1n) is 4.32. The lowest BCUT2D eigenvalue weighted by atomic mass is 9.86. The van der Waals surface area contributed by atoms with E-state index in [1.165, 1.54) is 0 Å². The summed E-state index contributed by atoms with van der Waals surface area (Å²) in [5.74, 6) is 0.134. The summed E-state index contributed by atoms with van der Waals surface area (Å²) in [6, 6.07) is 0. The fraction of sp³-hybridized carbons (Fsp3) is 0.889. The number of ether oxygens (including phenoxy) is 1. The monoisotopic (exact) mass is 226 g/mol. The minimum atomic E-state index is -0.619. The van der Waals surface area contributed by atoms with Crippen LogP contribution in [0.25, 0.3) is 0 Å². The van der Waals surface area contributed by atoms with E-state index in [0.29, 0.717) is 18.9 Å². The van der Waals surface area contributed by atoms with Gasteiger partial charge in [0.05, 0.1) is 6.61 Å². The molecule has 0 aliphatic rings. The summed E-state index contributed by atoms with van der Waals surface area (Å²) in [6.45, 7) is 5.93. The topological polar surface area (TPSA) is 26.3 Å². The van der Waals surface area contributed by atoms with Crippen LogP contribution in [0.15, 0.2) is 0 Å². The smallest absolute Gasteiger partial charge is 0.324 e. The van der Waals surface area contributed by atoms with Crippen LogP contribution in [-0.4, -0.2) is 23.8 Å². The Balaban J connectivity index is 4.21. The van der Waals surface area contributed by atoms with Gasteiger partial charge >= 0.3 is 5.97 Å². The van der Waals surface area contributed by atoms with E-state index >= 15 is 0 Å². The molecule has 1 atom stereocenters. The van der Waals surface area contributed by atoms with Gasteiger partial charge in [0.25, 0.3) is 0 Å².